The highest BCUT2D eigenvalue weighted by atomic mass is 16.5. The number of anilines is 2. The lowest BCUT2D eigenvalue weighted by atomic mass is 10.2. The maximum atomic E-state index is 12.0. The minimum absolute atomic E-state index is 0.269. The Morgan fingerprint density at radius 2 is 1.77 bits per heavy atom. The highest BCUT2D eigenvalue weighted by Crippen LogP contribution is 2.34. The SMILES string of the molecule is COc1cc(NC(=O)/C=C/c2ccccc2)c(OC)cc1N. The van der Waals surface area contributed by atoms with Gasteiger partial charge in [-0.25, -0.2) is 0 Å². The number of rotatable bonds is 5. The molecular formula is C17H18N2O3. The van der Waals surface area contributed by atoms with E-state index in [0.717, 1.165) is 5.56 Å². The predicted octanol–water partition coefficient (Wildman–Crippen LogP) is 2.94. The fraction of sp³-hybridized carbons (Fsp3) is 0.118. The molecule has 22 heavy (non-hydrogen) atoms. The van der Waals surface area contributed by atoms with Crippen LogP contribution in [0.4, 0.5) is 11.4 Å². The molecule has 0 unspecified atom stereocenters. The van der Waals surface area contributed by atoms with Gasteiger partial charge in [-0.2, -0.15) is 0 Å². The molecule has 0 aromatic heterocycles. The average Bonchev–Trinajstić information content (AvgIpc) is 2.55. The van der Waals surface area contributed by atoms with E-state index in [9.17, 15) is 4.79 Å². The van der Waals surface area contributed by atoms with E-state index >= 15 is 0 Å². The lowest BCUT2D eigenvalue weighted by Crippen LogP contribution is -2.09. The van der Waals surface area contributed by atoms with E-state index in [1.807, 2.05) is 30.3 Å². The maximum Gasteiger partial charge on any atom is 0.248 e. The largest absolute Gasteiger partial charge is 0.495 e. The van der Waals surface area contributed by atoms with Gasteiger partial charge in [0, 0.05) is 18.2 Å². The van der Waals surface area contributed by atoms with Gasteiger partial charge in [-0.1, -0.05) is 30.3 Å². The summed E-state index contributed by atoms with van der Waals surface area (Å²) in [4.78, 5) is 12.0. The van der Waals surface area contributed by atoms with Crippen molar-refractivity contribution in [3.8, 4) is 11.5 Å². The molecule has 114 valence electrons. The number of carbonyl (C=O) groups excluding carboxylic acids is 1. The zero-order valence-electron chi connectivity index (χ0n) is 12.5. The molecule has 0 aliphatic heterocycles. The quantitative estimate of drug-likeness (QED) is 0.657. The summed E-state index contributed by atoms with van der Waals surface area (Å²) >= 11 is 0. The van der Waals surface area contributed by atoms with Crippen molar-refractivity contribution in [3.63, 3.8) is 0 Å². The number of benzene rings is 2. The van der Waals surface area contributed by atoms with E-state index in [-0.39, 0.29) is 5.91 Å². The number of nitrogens with one attached hydrogen (secondary N) is 1. The summed E-state index contributed by atoms with van der Waals surface area (Å²) in [5, 5.41) is 2.75. The summed E-state index contributed by atoms with van der Waals surface area (Å²) < 4.78 is 10.4. The molecule has 0 radical (unpaired) electrons. The Balaban J connectivity index is 2.16. The van der Waals surface area contributed by atoms with Gasteiger partial charge >= 0.3 is 0 Å². The van der Waals surface area contributed by atoms with E-state index in [4.69, 9.17) is 15.2 Å². The first-order chi connectivity index (χ1) is 10.6. The minimum atomic E-state index is -0.269. The average molecular weight is 298 g/mol. The Morgan fingerprint density at radius 3 is 2.41 bits per heavy atom. The third-order valence-electron chi connectivity index (χ3n) is 3.04. The van der Waals surface area contributed by atoms with Crippen LogP contribution >= 0.6 is 0 Å². The van der Waals surface area contributed by atoms with Gasteiger partial charge in [0.25, 0.3) is 0 Å². The Labute approximate surface area is 129 Å². The van der Waals surface area contributed by atoms with E-state index in [1.54, 1.807) is 18.2 Å². The minimum Gasteiger partial charge on any atom is -0.495 e. The van der Waals surface area contributed by atoms with Crippen LogP contribution in [0.25, 0.3) is 6.08 Å². The summed E-state index contributed by atoms with van der Waals surface area (Å²) in [6, 6.07) is 12.8. The van der Waals surface area contributed by atoms with Gasteiger partial charge in [0.1, 0.15) is 11.5 Å². The number of hydrogen-bond donors (Lipinski definition) is 2. The molecule has 0 bridgehead atoms. The zero-order chi connectivity index (χ0) is 15.9. The van der Waals surface area contributed by atoms with Crippen molar-refractivity contribution in [3.05, 3.63) is 54.1 Å². The molecule has 0 spiro atoms. The van der Waals surface area contributed by atoms with Gasteiger partial charge in [-0.05, 0) is 11.6 Å². The molecule has 2 rings (SSSR count). The van der Waals surface area contributed by atoms with Crippen molar-refractivity contribution < 1.29 is 14.3 Å². The van der Waals surface area contributed by atoms with Crippen molar-refractivity contribution >= 4 is 23.4 Å². The topological polar surface area (TPSA) is 73.6 Å². The molecule has 2 aromatic carbocycles. The normalized spacial score (nSPS) is 10.5. The van der Waals surface area contributed by atoms with Crippen molar-refractivity contribution in [1.29, 1.82) is 0 Å². The van der Waals surface area contributed by atoms with Crippen LogP contribution in [0.15, 0.2) is 48.5 Å². The molecule has 0 heterocycles. The first-order valence-electron chi connectivity index (χ1n) is 6.69. The summed E-state index contributed by atoms with van der Waals surface area (Å²) in [7, 11) is 3.02. The van der Waals surface area contributed by atoms with E-state index < -0.39 is 0 Å². The van der Waals surface area contributed by atoms with Crippen LogP contribution in [0.3, 0.4) is 0 Å². The summed E-state index contributed by atoms with van der Waals surface area (Å²) in [6.45, 7) is 0. The van der Waals surface area contributed by atoms with Crippen LogP contribution in [0.1, 0.15) is 5.56 Å². The number of hydrogen-bond acceptors (Lipinski definition) is 4. The first-order valence-corrected chi connectivity index (χ1v) is 6.69. The standard InChI is InChI=1S/C17H18N2O3/c1-21-15-11-14(16(22-2)10-13(15)18)19-17(20)9-8-12-6-4-3-5-7-12/h3-11H,18H2,1-2H3,(H,19,20)/b9-8+. The summed E-state index contributed by atoms with van der Waals surface area (Å²) in [5.41, 5.74) is 7.69. The maximum absolute atomic E-state index is 12.0. The number of carbonyl (C=O) groups is 1. The number of amides is 1. The lowest BCUT2D eigenvalue weighted by Gasteiger charge is -2.12. The molecule has 2 aromatic rings. The molecule has 3 N–H and O–H groups in total. The van der Waals surface area contributed by atoms with Gasteiger partial charge in [-0.15, -0.1) is 0 Å². The van der Waals surface area contributed by atoms with Crippen LogP contribution in [-0.2, 0) is 4.79 Å². The molecule has 0 aliphatic carbocycles. The monoisotopic (exact) mass is 298 g/mol. The van der Waals surface area contributed by atoms with Crippen LogP contribution in [0.5, 0.6) is 11.5 Å². The second-order valence-electron chi connectivity index (χ2n) is 4.53. The van der Waals surface area contributed by atoms with Crippen LogP contribution < -0.4 is 20.5 Å². The molecule has 0 saturated carbocycles. The Kier molecular flexibility index (Phi) is 5.03. The highest BCUT2D eigenvalue weighted by molar-refractivity contribution is 6.03. The van der Waals surface area contributed by atoms with Crippen molar-refractivity contribution in [1.82, 2.24) is 0 Å². The number of nitrogen functional groups attached to an aromatic ring is 1. The van der Waals surface area contributed by atoms with Crippen molar-refractivity contribution in [2.24, 2.45) is 0 Å². The fourth-order valence-electron chi connectivity index (χ4n) is 1.93. The van der Waals surface area contributed by atoms with Gasteiger partial charge in [0.2, 0.25) is 5.91 Å². The number of methoxy groups -OCH3 is 2. The smallest absolute Gasteiger partial charge is 0.248 e. The molecular weight excluding hydrogens is 280 g/mol. The van der Waals surface area contributed by atoms with Gasteiger partial charge in [-0.3, -0.25) is 4.79 Å². The molecule has 0 aliphatic rings. The number of nitrogens with two attached hydrogens (primary N) is 1. The molecule has 5 heteroatoms. The second kappa shape index (κ2) is 7.17. The van der Waals surface area contributed by atoms with E-state index in [1.165, 1.54) is 20.3 Å². The van der Waals surface area contributed by atoms with E-state index in [2.05, 4.69) is 5.32 Å². The fourth-order valence-corrected chi connectivity index (χ4v) is 1.93. The van der Waals surface area contributed by atoms with Crippen LogP contribution in [0, 0.1) is 0 Å². The number of ether oxygens (including phenoxy) is 2. The van der Waals surface area contributed by atoms with Crippen LogP contribution in [-0.4, -0.2) is 20.1 Å². The molecule has 0 saturated heterocycles. The Morgan fingerprint density at radius 1 is 1.09 bits per heavy atom. The summed E-state index contributed by atoms with van der Waals surface area (Å²) in [5.74, 6) is 0.678. The van der Waals surface area contributed by atoms with Gasteiger partial charge in [0.05, 0.1) is 25.6 Å². The van der Waals surface area contributed by atoms with Crippen molar-refractivity contribution in [2.45, 2.75) is 0 Å². The van der Waals surface area contributed by atoms with Gasteiger partial charge < -0.3 is 20.5 Å². The first kappa shape index (κ1) is 15.4. The molecule has 0 atom stereocenters. The molecule has 1 amide bonds. The van der Waals surface area contributed by atoms with Gasteiger partial charge in [0.15, 0.2) is 0 Å². The van der Waals surface area contributed by atoms with E-state index in [0.29, 0.717) is 22.9 Å². The zero-order valence-corrected chi connectivity index (χ0v) is 12.5. The third kappa shape index (κ3) is 3.79. The second-order valence-corrected chi connectivity index (χ2v) is 4.53. The molecule has 0 fully saturated rings. The Bertz CT molecular complexity index is 682. The lowest BCUT2D eigenvalue weighted by molar-refractivity contribution is -0.111. The predicted molar refractivity (Wildman–Crippen MR) is 88.1 cm³/mol. The molecule has 5 nitrogen and oxygen atoms in total. The van der Waals surface area contributed by atoms with Crippen molar-refractivity contribution in [2.75, 3.05) is 25.3 Å². The Hall–Kier alpha value is -2.95. The highest BCUT2D eigenvalue weighted by Gasteiger charge is 2.10. The third-order valence-corrected chi connectivity index (χ3v) is 3.04. The summed E-state index contributed by atoms with van der Waals surface area (Å²) in [6.07, 6.45) is 3.19. The van der Waals surface area contributed by atoms with Crippen LogP contribution in [0.2, 0.25) is 0 Å².